The minimum Gasteiger partial charge on any atom is -0.480 e. The third-order valence-corrected chi connectivity index (χ3v) is 7.86. The molecule has 1 aliphatic carbocycles. The second-order valence-corrected chi connectivity index (χ2v) is 10.2. The molecule has 0 spiro atoms. The van der Waals surface area contributed by atoms with Crippen LogP contribution >= 0.6 is 11.3 Å². The van der Waals surface area contributed by atoms with Crippen molar-refractivity contribution >= 4 is 46.7 Å². The number of nitrogens with one attached hydrogen (secondary N) is 1. The molecule has 3 aromatic rings. The number of carbonyl (C=O) groups excluding carboxylic acids is 1. The highest BCUT2D eigenvalue weighted by atomic mass is 32.1. The Labute approximate surface area is 228 Å². The molecular weight excluding hydrogens is 524 g/mol. The summed E-state index contributed by atoms with van der Waals surface area (Å²) in [5, 5.41) is 30.7. The average Bonchev–Trinajstić information content (AvgIpc) is 3.25. The number of ether oxygens (including phenoxy) is 1. The number of nitrogens with zero attached hydrogens (tertiary/aromatic N) is 1. The van der Waals surface area contributed by atoms with Gasteiger partial charge in [0.2, 0.25) is 0 Å². The van der Waals surface area contributed by atoms with Gasteiger partial charge in [-0.25, -0.2) is 19.2 Å². The number of benzene rings is 2. The normalized spacial score (nSPS) is 13.5. The van der Waals surface area contributed by atoms with Crippen LogP contribution in [0.4, 0.5) is 16.2 Å². The third-order valence-electron chi connectivity index (χ3n) is 6.55. The van der Waals surface area contributed by atoms with Crippen molar-refractivity contribution < 1.29 is 39.2 Å². The van der Waals surface area contributed by atoms with Gasteiger partial charge in [-0.1, -0.05) is 31.4 Å². The van der Waals surface area contributed by atoms with Crippen LogP contribution in [-0.2, 0) is 4.79 Å². The minimum absolute atomic E-state index is 0.0157. The highest BCUT2D eigenvalue weighted by Gasteiger charge is 2.28. The van der Waals surface area contributed by atoms with Gasteiger partial charge in [0, 0.05) is 27.9 Å². The van der Waals surface area contributed by atoms with Gasteiger partial charge in [0.05, 0.1) is 5.56 Å². The molecule has 0 radical (unpaired) electrons. The number of aromatic carboxylic acids is 2. The maximum atomic E-state index is 13.6. The summed E-state index contributed by atoms with van der Waals surface area (Å²) in [4.78, 5) is 49.8. The molecule has 11 heteroatoms. The number of anilines is 2. The van der Waals surface area contributed by atoms with Crippen LogP contribution in [0.25, 0.3) is 10.4 Å². The number of amides is 2. The molecular formula is C28H28N2O8S. The molecule has 2 amide bonds. The summed E-state index contributed by atoms with van der Waals surface area (Å²) in [6.07, 6.45) is 4.71. The van der Waals surface area contributed by atoms with E-state index in [4.69, 9.17) is 14.9 Å². The zero-order chi connectivity index (χ0) is 28.1. The summed E-state index contributed by atoms with van der Waals surface area (Å²) >= 11 is 0.985. The molecule has 1 aromatic heterocycles. The average molecular weight is 553 g/mol. The minimum atomic E-state index is -1.22. The Kier molecular flexibility index (Phi) is 8.50. The Balaban J connectivity index is 1.69. The van der Waals surface area contributed by atoms with Crippen LogP contribution in [0.1, 0.15) is 57.7 Å². The Morgan fingerprint density at radius 3 is 2.28 bits per heavy atom. The SMILES string of the molecule is Cc1c(-c2cccc(N(C(=O)Nc3ccc(C(=O)O)cc3)C3CCCCC3)c2)sc(C(=O)O)c1OCC(=O)O. The van der Waals surface area contributed by atoms with Crippen LogP contribution in [0.5, 0.6) is 5.75 Å². The summed E-state index contributed by atoms with van der Waals surface area (Å²) < 4.78 is 5.31. The van der Waals surface area contributed by atoms with Gasteiger partial charge in [0.15, 0.2) is 11.5 Å². The maximum absolute atomic E-state index is 13.6. The smallest absolute Gasteiger partial charge is 0.349 e. The van der Waals surface area contributed by atoms with Crippen LogP contribution in [-0.4, -0.2) is 51.9 Å². The van der Waals surface area contributed by atoms with Crippen LogP contribution in [0, 0.1) is 6.92 Å². The van der Waals surface area contributed by atoms with Gasteiger partial charge in [-0.15, -0.1) is 11.3 Å². The molecule has 204 valence electrons. The molecule has 0 atom stereocenters. The summed E-state index contributed by atoms with van der Waals surface area (Å²) in [6, 6.07) is 12.7. The van der Waals surface area contributed by atoms with Crippen molar-refractivity contribution in [2.24, 2.45) is 0 Å². The lowest BCUT2D eigenvalue weighted by Crippen LogP contribution is -2.44. The molecule has 1 aliphatic rings. The quantitative estimate of drug-likeness (QED) is 0.254. The fourth-order valence-corrected chi connectivity index (χ4v) is 5.82. The molecule has 0 bridgehead atoms. The predicted octanol–water partition coefficient (Wildman–Crippen LogP) is 5.95. The molecule has 4 rings (SSSR count). The highest BCUT2D eigenvalue weighted by Crippen LogP contribution is 2.42. The van der Waals surface area contributed by atoms with Gasteiger partial charge in [-0.05, 0) is 61.7 Å². The van der Waals surface area contributed by atoms with E-state index in [0.29, 0.717) is 27.4 Å². The van der Waals surface area contributed by atoms with E-state index in [9.17, 15) is 24.3 Å². The zero-order valence-electron chi connectivity index (χ0n) is 21.2. The molecule has 4 N–H and O–H groups in total. The first-order valence-electron chi connectivity index (χ1n) is 12.4. The number of carboxylic acids is 3. The second kappa shape index (κ2) is 12.0. The molecule has 1 heterocycles. The molecule has 0 unspecified atom stereocenters. The van der Waals surface area contributed by atoms with Crippen LogP contribution in [0.3, 0.4) is 0 Å². The molecule has 1 saturated carbocycles. The number of aliphatic carboxylic acids is 1. The summed E-state index contributed by atoms with van der Waals surface area (Å²) in [6.45, 7) is 1.01. The molecule has 10 nitrogen and oxygen atoms in total. The number of hydrogen-bond acceptors (Lipinski definition) is 6. The van der Waals surface area contributed by atoms with Gasteiger partial charge in [-0.3, -0.25) is 4.90 Å². The Morgan fingerprint density at radius 2 is 1.67 bits per heavy atom. The number of carbonyl (C=O) groups is 4. The molecule has 0 aliphatic heterocycles. The monoisotopic (exact) mass is 552 g/mol. The van der Waals surface area contributed by atoms with Crippen LogP contribution in [0.15, 0.2) is 48.5 Å². The highest BCUT2D eigenvalue weighted by molar-refractivity contribution is 7.18. The Morgan fingerprint density at radius 1 is 0.974 bits per heavy atom. The van der Waals surface area contributed by atoms with E-state index < -0.39 is 24.5 Å². The van der Waals surface area contributed by atoms with Crippen molar-refractivity contribution in [1.82, 2.24) is 0 Å². The summed E-state index contributed by atoms with van der Waals surface area (Å²) in [5.41, 5.74) is 2.37. The van der Waals surface area contributed by atoms with Gasteiger partial charge in [0.25, 0.3) is 0 Å². The number of rotatable bonds is 9. The Hall–Kier alpha value is -4.38. The first-order chi connectivity index (χ1) is 18.7. The molecule has 0 saturated heterocycles. The van der Waals surface area contributed by atoms with E-state index in [2.05, 4.69) is 5.32 Å². The first-order valence-corrected chi connectivity index (χ1v) is 13.2. The number of carboxylic acid groups (broad SMARTS) is 3. The van der Waals surface area contributed by atoms with E-state index in [-0.39, 0.29) is 28.3 Å². The van der Waals surface area contributed by atoms with Crippen molar-refractivity contribution in [2.45, 2.75) is 45.1 Å². The molecule has 39 heavy (non-hydrogen) atoms. The Bertz CT molecular complexity index is 1390. The summed E-state index contributed by atoms with van der Waals surface area (Å²) in [5.74, 6) is -3.47. The van der Waals surface area contributed by atoms with E-state index in [0.717, 1.165) is 43.4 Å². The summed E-state index contributed by atoms with van der Waals surface area (Å²) in [7, 11) is 0. The van der Waals surface area contributed by atoms with Gasteiger partial charge < -0.3 is 25.4 Å². The number of urea groups is 1. The van der Waals surface area contributed by atoms with Crippen molar-refractivity contribution in [3.8, 4) is 16.2 Å². The largest absolute Gasteiger partial charge is 0.480 e. The molecule has 1 fully saturated rings. The van der Waals surface area contributed by atoms with Gasteiger partial charge >= 0.3 is 23.9 Å². The van der Waals surface area contributed by atoms with Crippen molar-refractivity contribution in [1.29, 1.82) is 0 Å². The van der Waals surface area contributed by atoms with E-state index in [1.165, 1.54) is 24.3 Å². The lowest BCUT2D eigenvalue weighted by Gasteiger charge is -2.34. The fraction of sp³-hybridized carbons (Fsp3) is 0.286. The van der Waals surface area contributed by atoms with Crippen molar-refractivity contribution in [3.63, 3.8) is 0 Å². The predicted molar refractivity (Wildman–Crippen MR) is 146 cm³/mol. The van der Waals surface area contributed by atoms with E-state index in [1.807, 2.05) is 12.1 Å². The number of hydrogen-bond donors (Lipinski definition) is 4. The van der Waals surface area contributed by atoms with E-state index >= 15 is 0 Å². The second-order valence-electron chi connectivity index (χ2n) is 9.23. The zero-order valence-corrected chi connectivity index (χ0v) is 22.0. The van der Waals surface area contributed by atoms with Crippen molar-refractivity contribution in [2.75, 3.05) is 16.8 Å². The lowest BCUT2D eigenvalue weighted by atomic mass is 9.93. The standard InChI is InChI=1S/C28H28N2O8S/c1-16-23(38-15-22(31)32)25(27(35)36)39-24(16)18-6-5-9-21(14-18)30(20-7-3-2-4-8-20)28(37)29-19-12-10-17(11-13-19)26(33)34/h5-6,9-14,20H,2-4,7-8,15H2,1H3,(H,29,37)(H,31,32)(H,33,34)(H,35,36). The topological polar surface area (TPSA) is 153 Å². The maximum Gasteiger partial charge on any atom is 0.349 e. The third kappa shape index (κ3) is 6.37. The number of thiophene rings is 1. The van der Waals surface area contributed by atoms with Gasteiger partial charge in [0.1, 0.15) is 5.75 Å². The first kappa shape index (κ1) is 27.6. The van der Waals surface area contributed by atoms with Crippen LogP contribution in [0.2, 0.25) is 0 Å². The van der Waals surface area contributed by atoms with Crippen LogP contribution < -0.4 is 15.0 Å². The lowest BCUT2D eigenvalue weighted by molar-refractivity contribution is -0.139. The fourth-order valence-electron chi connectivity index (χ4n) is 4.73. The molecule has 2 aromatic carbocycles. The van der Waals surface area contributed by atoms with Gasteiger partial charge in [-0.2, -0.15) is 0 Å². The van der Waals surface area contributed by atoms with Crippen molar-refractivity contribution in [3.05, 3.63) is 64.5 Å². The van der Waals surface area contributed by atoms with E-state index in [1.54, 1.807) is 24.0 Å².